The van der Waals surface area contributed by atoms with Crippen molar-refractivity contribution in [3.05, 3.63) is 29.3 Å². The summed E-state index contributed by atoms with van der Waals surface area (Å²) >= 11 is 5.99. The average Bonchev–Trinajstić information content (AvgIpc) is 2.83. The van der Waals surface area contributed by atoms with Crippen molar-refractivity contribution in [2.45, 2.75) is 19.3 Å². The van der Waals surface area contributed by atoms with E-state index in [-0.39, 0.29) is 5.82 Å². The molecule has 21 heavy (non-hydrogen) atoms. The molecule has 0 spiro atoms. The van der Waals surface area contributed by atoms with Crippen LogP contribution in [0, 0.1) is 12.7 Å². The number of aromatic nitrogens is 2. The zero-order chi connectivity index (χ0) is 14.8. The van der Waals surface area contributed by atoms with Gasteiger partial charge in [-0.1, -0.05) is 0 Å². The fourth-order valence-electron chi connectivity index (χ4n) is 2.72. The summed E-state index contributed by atoms with van der Waals surface area (Å²) in [5.41, 5.74) is 2.27. The van der Waals surface area contributed by atoms with E-state index in [0.29, 0.717) is 17.0 Å². The van der Waals surface area contributed by atoms with Gasteiger partial charge in [0.1, 0.15) is 11.6 Å². The van der Waals surface area contributed by atoms with E-state index in [9.17, 15) is 4.39 Å². The highest BCUT2D eigenvalue weighted by Crippen LogP contribution is 2.21. The Hall–Kier alpha value is -1.17. The fraction of sp³-hybridized carbons (Fsp3) is 0.533. The minimum absolute atomic E-state index is 0.221. The van der Waals surface area contributed by atoms with Gasteiger partial charge in [0, 0.05) is 32.2 Å². The molecule has 0 unspecified atom stereocenters. The van der Waals surface area contributed by atoms with Crippen LogP contribution in [0.3, 0.4) is 0 Å². The van der Waals surface area contributed by atoms with Crippen LogP contribution in [0.4, 0.5) is 4.39 Å². The summed E-state index contributed by atoms with van der Waals surface area (Å²) in [5, 5.41) is 0. The van der Waals surface area contributed by atoms with Crippen molar-refractivity contribution in [2.75, 3.05) is 32.8 Å². The van der Waals surface area contributed by atoms with Gasteiger partial charge in [0.25, 0.3) is 0 Å². The number of imidazole rings is 1. The maximum atomic E-state index is 13.7. The number of morpholine rings is 1. The Morgan fingerprint density at radius 3 is 2.76 bits per heavy atom. The quantitative estimate of drug-likeness (QED) is 0.813. The highest BCUT2D eigenvalue weighted by atomic mass is 35.5. The number of halogens is 2. The molecule has 3 rings (SSSR count). The van der Waals surface area contributed by atoms with Gasteiger partial charge in [-0.3, -0.25) is 4.90 Å². The Labute approximate surface area is 128 Å². The molecule has 114 valence electrons. The maximum absolute atomic E-state index is 13.7. The number of rotatable bonds is 4. The zero-order valence-electron chi connectivity index (χ0n) is 12.1. The molecule has 1 aliphatic rings. The van der Waals surface area contributed by atoms with Crippen LogP contribution in [-0.2, 0) is 17.2 Å². The Kier molecular flexibility index (Phi) is 4.42. The average molecular weight is 312 g/mol. The van der Waals surface area contributed by atoms with Crippen molar-refractivity contribution < 1.29 is 9.13 Å². The molecular formula is C15H19ClFN3O. The number of alkyl halides is 1. The van der Waals surface area contributed by atoms with Crippen molar-refractivity contribution in [3.63, 3.8) is 0 Å². The predicted molar refractivity (Wildman–Crippen MR) is 81.2 cm³/mol. The second-order valence-electron chi connectivity index (χ2n) is 5.36. The number of hydrogen-bond acceptors (Lipinski definition) is 3. The Bertz CT molecular complexity index is 637. The van der Waals surface area contributed by atoms with Crippen LogP contribution in [0.5, 0.6) is 0 Å². The molecule has 1 aliphatic heterocycles. The van der Waals surface area contributed by atoms with Gasteiger partial charge in [-0.05, 0) is 18.6 Å². The van der Waals surface area contributed by atoms with Crippen LogP contribution < -0.4 is 0 Å². The molecule has 0 saturated carbocycles. The molecule has 0 amide bonds. The van der Waals surface area contributed by atoms with E-state index in [0.717, 1.165) is 50.7 Å². The van der Waals surface area contributed by atoms with Crippen molar-refractivity contribution in [1.82, 2.24) is 14.5 Å². The molecule has 2 heterocycles. The molecule has 0 N–H and O–H groups in total. The lowest BCUT2D eigenvalue weighted by Gasteiger charge is -2.26. The topological polar surface area (TPSA) is 30.3 Å². The second kappa shape index (κ2) is 6.30. The van der Waals surface area contributed by atoms with Crippen molar-refractivity contribution in [1.29, 1.82) is 0 Å². The molecule has 2 aromatic rings. The van der Waals surface area contributed by atoms with Crippen molar-refractivity contribution >= 4 is 22.6 Å². The summed E-state index contributed by atoms with van der Waals surface area (Å²) in [6, 6.07) is 3.35. The van der Waals surface area contributed by atoms with E-state index >= 15 is 0 Å². The molecule has 1 fully saturated rings. The van der Waals surface area contributed by atoms with Gasteiger partial charge in [0.2, 0.25) is 0 Å². The van der Waals surface area contributed by atoms with Crippen LogP contribution in [0.2, 0.25) is 0 Å². The molecule has 1 aromatic carbocycles. The largest absolute Gasteiger partial charge is 0.379 e. The lowest BCUT2D eigenvalue weighted by atomic mass is 10.2. The summed E-state index contributed by atoms with van der Waals surface area (Å²) in [5.74, 6) is 0.907. The van der Waals surface area contributed by atoms with Gasteiger partial charge in [-0.15, -0.1) is 11.6 Å². The van der Waals surface area contributed by atoms with E-state index in [1.165, 1.54) is 6.07 Å². The maximum Gasteiger partial charge on any atom is 0.128 e. The molecule has 6 heteroatoms. The first-order chi connectivity index (χ1) is 10.2. The van der Waals surface area contributed by atoms with Crippen LogP contribution >= 0.6 is 11.6 Å². The van der Waals surface area contributed by atoms with E-state index in [1.54, 1.807) is 6.92 Å². The fourth-order valence-corrected chi connectivity index (χ4v) is 2.92. The standard InChI is InChI=1S/C15H19ClFN3O/c1-11-8-14-13(9-12(11)17)18-15(10-16)20(14)3-2-19-4-6-21-7-5-19/h8-9H,2-7,10H2,1H3. The van der Waals surface area contributed by atoms with Crippen LogP contribution in [0.1, 0.15) is 11.4 Å². The van der Waals surface area contributed by atoms with E-state index in [1.807, 2.05) is 6.07 Å². The van der Waals surface area contributed by atoms with E-state index in [2.05, 4.69) is 14.5 Å². The molecule has 0 radical (unpaired) electrons. The number of ether oxygens (including phenoxy) is 1. The first-order valence-corrected chi connectivity index (χ1v) is 7.74. The van der Waals surface area contributed by atoms with Gasteiger partial charge < -0.3 is 9.30 Å². The highest BCUT2D eigenvalue weighted by molar-refractivity contribution is 6.16. The summed E-state index contributed by atoms with van der Waals surface area (Å²) in [6.07, 6.45) is 0. The van der Waals surface area contributed by atoms with E-state index in [4.69, 9.17) is 16.3 Å². The lowest BCUT2D eigenvalue weighted by molar-refractivity contribution is 0.0364. The van der Waals surface area contributed by atoms with Crippen molar-refractivity contribution in [3.8, 4) is 0 Å². The number of fused-ring (bicyclic) bond motifs is 1. The summed E-state index contributed by atoms with van der Waals surface area (Å²) in [7, 11) is 0. The lowest BCUT2D eigenvalue weighted by Crippen LogP contribution is -2.38. The molecular weight excluding hydrogens is 293 g/mol. The minimum Gasteiger partial charge on any atom is -0.379 e. The summed E-state index contributed by atoms with van der Waals surface area (Å²) in [4.78, 5) is 6.81. The van der Waals surface area contributed by atoms with Gasteiger partial charge in [0.05, 0.1) is 30.1 Å². The Morgan fingerprint density at radius 1 is 1.29 bits per heavy atom. The normalized spacial score (nSPS) is 16.7. The second-order valence-corrected chi connectivity index (χ2v) is 5.62. The zero-order valence-corrected chi connectivity index (χ0v) is 12.9. The summed E-state index contributed by atoms with van der Waals surface area (Å²) in [6.45, 7) is 6.99. The Balaban J connectivity index is 1.86. The number of nitrogens with zero attached hydrogens (tertiary/aromatic N) is 3. The molecule has 0 bridgehead atoms. The monoisotopic (exact) mass is 311 g/mol. The molecule has 0 atom stereocenters. The SMILES string of the molecule is Cc1cc2c(cc1F)nc(CCl)n2CCN1CCOCC1. The van der Waals surface area contributed by atoms with Crippen LogP contribution in [-0.4, -0.2) is 47.3 Å². The summed E-state index contributed by atoms with van der Waals surface area (Å²) < 4.78 is 21.1. The van der Waals surface area contributed by atoms with Gasteiger partial charge in [0.15, 0.2) is 0 Å². The third-order valence-electron chi connectivity index (χ3n) is 3.97. The first kappa shape index (κ1) is 14.8. The molecule has 1 saturated heterocycles. The van der Waals surface area contributed by atoms with Gasteiger partial charge in [-0.2, -0.15) is 0 Å². The number of benzene rings is 1. The Morgan fingerprint density at radius 2 is 2.05 bits per heavy atom. The van der Waals surface area contributed by atoms with Gasteiger partial charge >= 0.3 is 0 Å². The van der Waals surface area contributed by atoms with E-state index < -0.39 is 0 Å². The molecule has 1 aromatic heterocycles. The smallest absolute Gasteiger partial charge is 0.128 e. The number of aryl methyl sites for hydroxylation is 1. The molecule has 4 nitrogen and oxygen atoms in total. The van der Waals surface area contributed by atoms with Crippen LogP contribution in [0.15, 0.2) is 12.1 Å². The highest BCUT2D eigenvalue weighted by Gasteiger charge is 2.15. The van der Waals surface area contributed by atoms with Crippen LogP contribution in [0.25, 0.3) is 11.0 Å². The first-order valence-electron chi connectivity index (χ1n) is 7.20. The minimum atomic E-state index is -0.221. The van der Waals surface area contributed by atoms with Gasteiger partial charge in [-0.25, -0.2) is 9.37 Å². The van der Waals surface area contributed by atoms with Crippen molar-refractivity contribution in [2.24, 2.45) is 0 Å². The third kappa shape index (κ3) is 3.05. The predicted octanol–water partition coefficient (Wildman–Crippen LogP) is 2.55. The number of hydrogen-bond donors (Lipinski definition) is 0. The third-order valence-corrected chi connectivity index (χ3v) is 4.21. The molecule has 0 aliphatic carbocycles.